The third-order valence-electron chi connectivity index (χ3n) is 5.07. The molecule has 0 fully saturated rings. The summed E-state index contributed by atoms with van der Waals surface area (Å²) in [6.45, 7) is 1.40. The van der Waals surface area contributed by atoms with Gasteiger partial charge < -0.3 is 14.2 Å². The number of nitrogens with zero attached hydrogens (tertiary/aromatic N) is 2. The Morgan fingerprint density at radius 1 is 0.914 bits per heavy atom. The highest BCUT2D eigenvalue weighted by atomic mass is 32.2. The lowest BCUT2D eigenvalue weighted by Gasteiger charge is -2.24. The van der Waals surface area contributed by atoms with Crippen LogP contribution in [0.1, 0.15) is 11.1 Å². The van der Waals surface area contributed by atoms with Gasteiger partial charge in [0.2, 0.25) is 0 Å². The number of hydrogen-bond acceptors (Lipinski definition) is 7. The number of carbonyl (C=O) groups is 1. The molecule has 1 amide bonds. The third-order valence-corrected chi connectivity index (χ3v) is 6.84. The first-order valence-corrected chi connectivity index (χ1v) is 12.0. The Hall–Kier alpha value is -4.05. The summed E-state index contributed by atoms with van der Waals surface area (Å²) >= 11 is 0. The Labute approximate surface area is 205 Å². The maximum atomic E-state index is 13.6. The zero-order chi connectivity index (χ0) is 25.4. The smallest absolute Gasteiger partial charge is 0.264 e. The fourth-order valence-electron chi connectivity index (χ4n) is 3.16. The summed E-state index contributed by atoms with van der Waals surface area (Å²) in [5, 5.41) is 3.94. The fourth-order valence-corrected chi connectivity index (χ4v) is 4.60. The van der Waals surface area contributed by atoms with E-state index in [1.54, 1.807) is 55.6 Å². The average molecular weight is 498 g/mol. The first-order valence-electron chi connectivity index (χ1n) is 10.6. The van der Waals surface area contributed by atoms with Crippen molar-refractivity contribution >= 4 is 27.8 Å². The number of hydrazone groups is 1. The summed E-state index contributed by atoms with van der Waals surface area (Å²) < 4.78 is 43.7. The Bertz CT molecular complexity index is 1290. The summed E-state index contributed by atoms with van der Waals surface area (Å²) in [6, 6.07) is 18.1. The SMILES string of the molecule is COc1ccc(/C=N\NC(=O)CN(c2ccc(C)cc2)S(=O)(=O)c2ccc(OC)c(OC)c2)cc1. The van der Waals surface area contributed by atoms with Gasteiger partial charge >= 0.3 is 0 Å². The van der Waals surface area contributed by atoms with Gasteiger partial charge in [0.25, 0.3) is 15.9 Å². The largest absolute Gasteiger partial charge is 0.497 e. The van der Waals surface area contributed by atoms with E-state index in [0.717, 1.165) is 15.4 Å². The minimum absolute atomic E-state index is 0.0507. The van der Waals surface area contributed by atoms with E-state index in [0.29, 0.717) is 17.2 Å². The van der Waals surface area contributed by atoms with Crippen molar-refractivity contribution in [2.75, 3.05) is 32.2 Å². The number of hydrogen-bond donors (Lipinski definition) is 1. The van der Waals surface area contributed by atoms with Crippen LogP contribution in [0.15, 0.2) is 76.7 Å². The summed E-state index contributed by atoms with van der Waals surface area (Å²) in [7, 11) is 0.312. The summed E-state index contributed by atoms with van der Waals surface area (Å²) in [6.07, 6.45) is 1.45. The van der Waals surface area contributed by atoms with Crippen molar-refractivity contribution in [2.24, 2.45) is 5.10 Å². The lowest BCUT2D eigenvalue weighted by atomic mass is 10.2. The number of methoxy groups -OCH3 is 3. The fraction of sp³-hybridized carbons (Fsp3) is 0.200. The molecule has 0 heterocycles. The molecule has 35 heavy (non-hydrogen) atoms. The molecule has 10 heteroatoms. The van der Waals surface area contributed by atoms with E-state index in [4.69, 9.17) is 14.2 Å². The molecule has 9 nitrogen and oxygen atoms in total. The van der Waals surface area contributed by atoms with Gasteiger partial charge in [-0.3, -0.25) is 9.10 Å². The van der Waals surface area contributed by atoms with Crippen molar-refractivity contribution < 1.29 is 27.4 Å². The molecule has 0 bridgehead atoms. The molecule has 3 aromatic carbocycles. The molecule has 184 valence electrons. The summed E-state index contributed by atoms with van der Waals surface area (Å²) in [5.74, 6) is 0.726. The van der Waals surface area contributed by atoms with Gasteiger partial charge in [0.05, 0.1) is 38.1 Å². The molecule has 3 aromatic rings. The van der Waals surface area contributed by atoms with Gasteiger partial charge in [0.1, 0.15) is 12.3 Å². The van der Waals surface area contributed by atoms with Crippen molar-refractivity contribution in [1.29, 1.82) is 0 Å². The first-order chi connectivity index (χ1) is 16.8. The monoisotopic (exact) mass is 497 g/mol. The predicted octanol–water partition coefficient (Wildman–Crippen LogP) is 3.37. The van der Waals surface area contributed by atoms with E-state index in [2.05, 4.69) is 10.5 Å². The Kier molecular flexibility index (Phi) is 8.32. The van der Waals surface area contributed by atoms with E-state index >= 15 is 0 Å². The maximum absolute atomic E-state index is 13.6. The molecule has 0 aliphatic carbocycles. The lowest BCUT2D eigenvalue weighted by molar-refractivity contribution is -0.119. The summed E-state index contributed by atoms with van der Waals surface area (Å²) in [5.41, 5.74) is 4.40. The van der Waals surface area contributed by atoms with Crippen molar-refractivity contribution in [3.63, 3.8) is 0 Å². The van der Waals surface area contributed by atoms with E-state index in [1.165, 1.54) is 38.6 Å². The zero-order valence-electron chi connectivity index (χ0n) is 19.9. The number of benzene rings is 3. The molecule has 1 N–H and O–H groups in total. The van der Waals surface area contributed by atoms with E-state index < -0.39 is 22.5 Å². The number of carbonyl (C=O) groups excluding carboxylic acids is 1. The Morgan fingerprint density at radius 2 is 1.57 bits per heavy atom. The average Bonchev–Trinajstić information content (AvgIpc) is 2.87. The van der Waals surface area contributed by atoms with Gasteiger partial charge in [0.15, 0.2) is 11.5 Å². The molecule has 3 rings (SSSR count). The predicted molar refractivity (Wildman–Crippen MR) is 134 cm³/mol. The van der Waals surface area contributed by atoms with Crippen LogP contribution in [0.4, 0.5) is 5.69 Å². The molecule has 0 saturated carbocycles. The molecule has 0 atom stereocenters. The second-order valence-corrected chi connectivity index (χ2v) is 9.29. The van der Waals surface area contributed by atoms with Crippen LogP contribution < -0.4 is 23.9 Å². The van der Waals surface area contributed by atoms with Crippen LogP contribution in [-0.4, -0.2) is 48.4 Å². The quantitative estimate of drug-likeness (QED) is 0.340. The van der Waals surface area contributed by atoms with Gasteiger partial charge in [-0.1, -0.05) is 17.7 Å². The molecule has 0 aliphatic rings. The highest BCUT2D eigenvalue weighted by Gasteiger charge is 2.28. The highest BCUT2D eigenvalue weighted by Crippen LogP contribution is 2.32. The maximum Gasteiger partial charge on any atom is 0.264 e. The van der Waals surface area contributed by atoms with Crippen LogP contribution in [0.25, 0.3) is 0 Å². The van der Waals surface area contributed by atoms with Crippen LogP contribution in [0.2, 0.25) is 0 Å². The van der Waals surface area contributed by atoms with Crippen molar-refractivity contribution in [1.82, 2.24) is 5.43 Å². The normalized spacial score (nSPS) is 11.2. The van der Waals surface area contributed by atoms with Gasteiger partial charge in [-0.25, -0.2) is 13.8 Å². The van der Waals surface area contributed by atoms with Crippen LogP contribution in [0.5, 0.6) is 17.2 Å². The van der Waals surface area contributed by atoms with E-state index in [9.17, 15) is 13.2 Å². The molecule has 0 aliphatic heterocycles. The first kappa shape index (κ1) is 25.6. The number of sulfonamides is 1. The molecular weight excluding hydrogens is 470 g/mol. The lowest BCUT2D eigenvalue weighted by Crippen LogP contribution is -2.39. The Balaban J connectivity index is 1.86. The molecule has 0 spiro atoms. The number of amides is 1. The molecular formula is C25H27N3O6S. The molecule has 0 radical (unpaired) electrons. The van der Waals surface area contributed by atoms with E-state index in [1.807, 2.05) is 6.92 Å². The second-order valence-electron chi connectivity index (χ2n) is 7.43. The Morgan fingerprint density at radius 3 is 2.17 bits per heavy atom. The standard InChI is InChI=1S/C25H27N3O6S/c1-18-5-9-20(10-6-18)28(35(30,31)22-13-14-23(33-3)24(15-22)34-4)17-25(29)27-26-16-19-7-11-21(32-2)12-8-19/h5-16H,17H2,1-4H3,(H,27,29)/b26-16-. The second kappa shape index (κ2) is 11.4. The molecule has 0 aromatic heterocycles. The van der Waals surface area contributed by atoms with Gasteiger partial charge in [0, 0.05) is 6.07 Å². The molecule has 0 saturated heterocycles. The summed E-state index contributed by atoms with van der Waals surface area (Å²) in [4.78, 5) is 12.6. The number of nitrogens with one attached hydrogen (secondary N) is 1. The topological polar surface area (TPSA) is 107 Å². The minimum atomic E-state index is -4.13. The van der Waals surface area contributed by atoms with Crippen LogP contribution in [0.3, 0.4) is 0 Å². The van der Waals surface area contributed by atoms with Crippen molar-refractivity contribution in [3.05, 3.63) is 77.9 Å². The van der Waals surface area contributed by atoms with Gasteiger partial charge in [-0.05, 0) is 61.0 Å². The van der Waals surface area contributed by atoms with Crippen molar-refractivity contribution in [2.45, 2.75) is 11.8 Å². The van der Waals surface area contributed by atoms with Crippen LogP contribution in [0, 0.1) is 6.92 Å². The third kappa shape index (κ3) is 6.30. The van der Waals surface area contributed by atoms with Gasteiger partial charge in [-0.15, -0.1) is 0 Å². The molecule has 0 unspecified atom stereocenters. The number of anilines is 1. The van der Waals surface area contributed by atoms with Crippen LogP contribution in [-0.2, 0) is 14.8 Å². The minimum Gasteiger partial charge on any atom is -0.497 e. The zero-order valence-corrected chi connectivity index (χ0v) is 20.7. The number of ether oxygens (including phenoxy) is 3. The number of aryl methyl sites for hydroxylation is 1. The number of rotatable bonds is 10. The van der Waals surface area contributed by atoms with E-state index in [-0.39, 0.29) is 10.6 Å². The van der Waals surface area contributed by atoms with Crippen LogP contribution >= 0.6 is 0 Å². The highest BCUT2D eigenvalue weighted by molar-refractivity contribution is 7.92. The van der Waals surface area contributed by atoms with Gasteiger partial charge in [-0.2, -0.15) is 5.10 Å². The van der Waals surface area contributed by atoms with Crippen molar-refractivity contribution in [3.8, 4) is 17.2 Å².